The summed E-state index contributed by atoms with van der Waals surface area (Å²) < 4.78 is 20.3. The summed E-state index contributed by atoms with van der Waals surface area (Å²) in [6, 6.07) is 0. The lowest BCUT2D eigenvalue weighted by molar-refractivity contribution is 0.0935. The van der Waals surface area contributed by atoms with E-state index < -0.39 is 5.91 Å². The minimum atomic E-state index is -0.448. The standard InChI is InChI=1S/C16H19FN4O3/c1-2-9-21-14(15(19-20-21)16(23)18-8-10-22)11-24-13-5-3-4-12(17)6-7-13/h2-5,7,22H,1,6,8-11H2,(H,18,23). The molecule has 24 heavy (non-hydrogen) atoms. The summed E-state index contributed by atoms with van der Waals surface area (Å²) in [5, 5.41) is 19.1. The van der Waals surface area contributed by atoms with Crippen LogP contribution in [0.5, 0.6) is 0 Å². The number of hydrogen-bond donors (Lipinski definition) is 2. The van der Waals surface area contributed by atoms with Crippen molar-refractivity contribution in [2.75, 3.05) is 13.2 Å². The Morgan fingerprint density at radius 2 is 2.42 bits per heavy atom. The van der Waals surface area contributed by atoms with Crippen LogP contribution in [-0.4, -0.2) is 39.2 Å². The van der Waals surface area contributed by atoms with E-state index in [0.717, 1.165) is 0 Å². The van der Waals surface area contributed by atoms with Crippen LogP contribution < -0.4 is 5.32 Å². The number of amides is 1. The summed E-state index contributed by atoms with van der Waals surface area (Å²) in [6.45, 7) is 3.99. The fourth-order valence-corrected chi connectivity index (χ4v) is 2.01. The van der Waals surface area contributed by atoms with Crippen LogP contribution in [0.15, 0.2) is 48.5 Å². The smallest absolute Gasteiger partial charge is 0.273 e. The van der Waals surface area contributed by atoms with Gasteiger partial charge in [0.15, 0.2) is 5.69 Å². The average molecular weight is 334 g/mol. The molecule has 0 spiro atoms. The summed E-state index contributed by atoms with van der Waals surface area (Å²) in [4.78, 5) is 12.1. The zero-order valence-electron chi connectivity index (χ0n) is 13.1. The number of nitrogens with one attached hydrogen (secondary N) is 1. The molecule has 0 bridgehead atoms. The van der Waals surface area contributed by atoms with E-state index in [9.17, 15) is 9.18 Å². The van der Waals surface area contributed by atoms with Crippen molar-refractivity contribution < 1.29 is 19.0 Å². The van der Waals surface area contributed by atoms with Crippen LogP contribution in [0.3, 0.4) is 0 Å². The Balaban J connectivity index is 2.13. The number of aromatic nitrogens is 3. The van der Waals surface area contributed by atoms with Crippen molar-refractivity contribution in [3.05, 3.63) is 59.9 Å². The molecular formula is C16H19FN4O3. The van der Waals surface area contributed by atoms with Gasteiger partial charge in [0, 0.05) is 13.0 Å². The Morgan fingerprint density at radius 1 is 1.58 bits per heavy atom. The molecule has 0 saturated heterocycles. The molecule has 1 amide bonds. The molecule has 0 aliphatic heterocycles. The zero-order chi connectivity index (χ0) is 17.4. The lowest BCUT2D eigenvalue weighted by atomic mass is 10.3. The van der Waals surface area contributed by atoms with Gasteiger partial charge in [0.25, 0.3) is 5.91 Å². The molecule has 1 aliphatic carbocycles. The van der Waals surface area contributed by atoms with Crippen LogP contribution in [0.2, 0.25) is 0 Å². The van der Waals surface area contributed by atoms with Crippen LogP contribution in [0.25, 0.3) is 0 Å². The number of rotatable bonds is 8. The Labute approximate surface area is 138 Å². The van der Waals surface area contributed by atoms with Gasteiger partial charge in [-0.2, -0.15) is 0 Å². The molecule has 1 aliphatic rings. The highest BCUT2D eigenvalue weighted by Crippen LogP contribution is 2.16. The second-order valence-electron chi connectivity index (χ2n) is 4.91. The Kier molecular flexibility index (Phi) is 6.44. The maximum atomic E-state index is 13.2. The highest BCUT2D eigenvalue weighted by atomic mass is 19.1. The van der Waals surface area contributed by atoms with Crippen molar-refractivity contribution in [3.63, 3.8) is 0 Å². The molecule has 1 heterocycles. The first-order valence-electron chi connectivity index (χ1n) is 7.43. The average Bonchev–Trinajstić information content (AvgIpc) is 2.85. The Bertz CT molecular complexity index is 691. The lowest BCUT2D eigenvalue weighted by Gasteiger charge is -2.09. The van der Waals surface area contributed by atoms with E-state index in [1.807, 2.05) is 0 Å². The van der Waals surface area contributed by atoms with E-state index >= 15 is 0 Å². The normalized spacial score (nSPS) is 13.8. The molecule has 1 aromatic rings. The molecule has 2 N–H and O–H groups in total. The van der Waals surface area contributed by atoms with E-state index in [1.54, 1.807) is 24.3 Å². The monoisotopic (exact) mass is 334 g/mol. The van der Waals surface area contributed by atoms with Crippen LogP contribution in [0.4, 0.5) is 4.39 Å². The van der Waals surface area contributed by atoms with Gasteiger partial charge in [0.2, 0.25) is 0 Å². The SMILES string of the molecule is C=CCn1nnc(C(=O)NCCO)c1COC1=CCC(F)=CC=C1. The quantitative estimate of drug-likeness (QED) is 0.702. The van der Waals surface area contributed by atoms with Crippen molar-refractivity contribution >= 4 is 5.91 Å². The summed E-state index contributed by atoms with van der Waals surface area (Å²) in [7, 11) is 0. The van der Waals surface area contributed by atoms with Gasteiger partial charge in [-0.25, -0.2) is 9.07 Å². The van der Waals surface area contributed by atoms with Gasteiger partial charge in [-0.15, -0.1) is 11.7 Å². The predicted octanol–water partition coefficient (Wildman–Crippen LogP) is 1.40. The molecule has 0 aromatic carbocycles. The van der Waals surface area contributed by atoms with Crippen molar-refractivity contribution in [1.82, 2.24) is 20.3 Å². The second-order valence-corrected chi connectivity index (χ2v) is 4.91. The molecular weight excluding hydrogens is 315 g/mol. The van der Waals surface area contributed by atoms with Crippen molar-refractivity contribution in [2.24, 2.45) is 0 Å². The van der Waals surface area contributed by atoms with E-state index in [4.69, 9.17) is 9.84 Å². The summed E-state index contributed by atoms with van der Waals surface area (Å²) in [5.41, 5.74) is 0.588. The fourth-order valence-electron chi connectivity index (χ4n) is 2.01. The van der Waals surface area contributed by atoms with Crippen LogP contribution >= 0.6 is 0 Å². The molecule has 0 atom stereocenters. The summed E-state index contributed by atoms with van der Waals surface area (Å²) in [5.74, 6) is -0.213. The molecule has 0 radical (unpaired) electrons. The van der Waals surface area contributed by atoms with Crippen molar-refractivity contribution in [1.29, 1.82) is 0 Å². The van der Waals surface area contributed by atoms with Gasteiger partial charge in [-0.3, -0.25) is 4.79 Å². The van der Waals surface area contributed by atoms with E-state index in [-0.39, 0.29) is 37.7 Å². The van der Waals surface area contributed by atoms with E-state index in [1.165, 1.54) is 10.8 Å². The van der Waals surface area contributed by atoms with Crippen molar-refractivity contribution in [3.8, 4) is 0 Å². The predicted molar refractivity (Wildman–Crippen MR) is 85.5 cm³/mol. The number of carbonyl (C=O) groups excluding carboxylic acids is 1. The molecule has 128 valence electrons. The number of aliphatic hydroxyl groups excluding tert-OH is 1. The first-order chi connectivity index (χ1) is 11.7. The summed E-state index contributed by atoms with van der Waals surface area (Å²) >= 11 is 0. The number of carbonyl (C=O) groups is 1. The molecule has 0 unspecified atom stereocenters. The van der Waals surface area contributed by atoms with Gasteiger partial charge >= 0.3 is 0 Å². The lowest BCUT2D eigenvalue weighted by Crippen LogP contribution is -2.28. The molecule has 0 fully saturated rings. The maximum Gasteiger partial charge on any atom is 0.273 e. The number of allylic oxidation sites excluding steroid dienone is 6. The van der Waals surface area contributed by atoms with Gasteiger partial charge in [-0.1, -0.05) is 17.4 Å². The fraction of sp³-hybridized carbons (Fsp3) is 0.312. The van der Waals surface area contributed by atoms with E-state index in [0.29, 0.717) is 18.0 Å². The summed E-state index contributed by atoms with van der Waals surface area (Å²) in [6.07, 6.45) is 7.95. The number of hydrogen-bond acceptors (Lipinski definition) is 5. The third kappa shape index (κ3) is 4.63. The van der Waals surface area contributed by atoms with Crippen LogP contribution in [0, 0.1) is 0 Å². The topological polar surface area (TPSA) is 89.3 Å². The van der Waals surface area contributed by atoms with Gasteiger partial charge < -0.3 is 15.2 Å². The molecule has 7 nitrogen and oxygen atoms in total. The maximum absolute atomic E-state index is 13.2. The second kappa shape index (κ2) is 8.78. The van der Waals surface area contributed by atoms with Gasteiger partial charge in [0.05, 0.1) is 13.2 Å². The third-order valence-corrected chi connectivity index (χ3v) is 3.16. The molecule has 1 aromatic heterocycles. The first kappa shape index (κ1) is 17.6. The third-order valence-electron chi connectivity index (χ3n) is 3.16. The highest BCUT2D eigenvalue weighted by molar-refractivity contribution is 5.93. The number of ether oxygens (including phenoxy) is 1. The zero-order valence-corrected chi connectivity index (χ0v) is 13.1. The first-order valence-corrected chi connectivity index (χ1v) is 7.43. The van der Waals surface area contributed by atoms with E-state index in [2.05, 4.69) is 22.2 Å². The molecule has 2 rings (SSSR count). The molecule has 0 saturated carbocycles. The largest absolute Gasteiger partial charge is 0.488 e. The van der Waals surface area contributed by atoms with Gasteiger partial charge in [0.1, 0.15) is 23.9 Å². The highest BCUT2D eigenvalue weighted by Gasteiger charge is 2.19. The Hall–Kier alpha value is -2.74. The number of halogens is 1. The molecule has 8 heteroatoms. The number of nitrogens with zero attached hydrogens (tertiary/aromatic N) is 3. The minimum absolute atomic E-state index is 0.0422. The number of aliphatic hydroxyl groups is 1. The van der Waals surface area contributed by atoms with Crippen LogP contribution in [-0.2, 0) is 17.9 Å². The Morgan fingerprint density at radius 3 is 3.17 bits per heavy atom. The van der Waals surface area contributed by atoms with Crippen LogP contribution in [0.1, 0.15) is 22.6 Å². The minimum Gasteiger partial charge on any atom is -0.488 e. The van der Waals surface area contributed by atoms with Crippen molar-refractivity contribution in [2.45, 2.75) is 19.6 Å². The van der Waals surface area contributed by atoms with Gasteiger partial charge in [-0.05, 0) is 18.2 Å².